The van der Waals surface area contributed by atoms with E-state index in [1.165, 1.54) is 0 Å². The zero-order valence-electron chi connectivity index (χ0n) is 8.33. The number of hydrogen-bond acceptors (Lipinski definition) is 3. The largest absolute Gasteiger partial charge is 0.479 e. The Hall–Kier alpha value is -1.91. The highest BCUT2D eigenvalue weighted by atomic mass is 17.1. The Morgan fingerprint density at radius 1 is 1.12 bits per heavy atom. The number of carboxylic acid groups (broad SMARTS) is 1. The van der Waals surface area contributed by atoms with E-state index in [9.17, 15) is 4.79 Å². The zero-order chi connectivity index (χ0) is 11.5. The minimum absolute atomic E-state index is 0.438. The van der Waals surface area contributed by atoms with E-state index in [2.05, 4.69) is 4.89 Å². The van der Waals surface area contributed by atoms with Crippen LogP contribution in [0.1, 0.15) is 11.7 Å². The van der Waals surface area contributed by atoms with Crippen LogP contribution in [-0.2, 0) is 9.68 Å². The van der Waals surface area contributed by atoms with Crippen molar-refractivity contribution in [1.29, 1.82) is 0 Å². The maximum atomic E-state index is 10.9. The van der Waals surface area contributed by atoms with Gasteiger partial charge in [-0.25, -0.2) is 9.68 Å². The molecule has 0 spiro atoms. The fourth-order valence-electron chi connectivity index (χ4n) is 1.71. The average molecular weight is 218 g/mol. The number of carbonyl (C=O) groups is 1. The number of hydrogen-bond donors (Lipinski definition) is 2. The predicted octanol–water partition coefficient (Wildman–Crippen LogP) is 2.46. The van der Waals surface area contributed by atoms with Crippen LogP contribution in [0.2, 0.25) is 0 Å². The first-order chi connectivity index (χ1) is 7.74. The lowest BCUT2D eigenvalue weighted by Crippen LogP contribution is -2.13. The average Bonchev–Trinajstić information content (AvgIpc) is 2.30. The number of benzene rings is 2. The molecule has 0 aromatic heterocycles. The molecule has 0 fully saturated rings. The van der Waals surface area contributed by atoms with E-state index >= 15 is 0 Å². The molecule has 0 saturated carbocycles. The molecule has 2 N–H and O–H groups in total. The molecular formula is C12H10O4. The van der Waals surface area contributed by atoms with Gasteiger partial charge in [0.05, 0.1) is 0 Å². The van der Waals surface area contributed by atoms with Crippen LogP contribution in [0.4, 0.5) is 0 Å². The molecule has 2 aromatic carbocycles. The molecule has 4 heteroatoms. The minimum Gasteiger partial charge on any atom is -0.479 e. The van der Waals surface area contributed by atoms with Crippen molar-refractivity contribution >= 4 is 16.7 Å². The third-order valence-electron chi connectivity index (χ3n) is 2.44. The van der Waals surface area contributed by atoms with E-state index < -0.39 is 12.1 Å². The van der Waals surface area contributed by atoms with Crippen LogP contribution in [0.25, 0.3) is 10.8 Å². The fourth-order valence-corrected chi connectivity index (χ4v) is 1.71. The van der Waals surface area contributed by atoms with Crippen molar-refractivity contribution in [2.45, 2.75) is 6.10 Å². The van der Waals surface area contributed by atoms with Gasteiger partial charge in [-0.1, -0.05) is 42.5 Å². The quantitative estimate of drug-likeness (QED) is 0.613. The molecule has 0 aliphatic heterocycles. The molecule has 0 aliphatic rings. The summed E-state index contributed by atoms with van der Waals surface area (Å²) in [5.41, 5.74) is 0.438. The van der Waals surface area contributed by atoms with E-state index in [4.69, 9.17) is 10.4 Å². The third-order valence-corrected chi connectivity index (χ3v) is 2.44. The second-order valence-electron chi connectivity index (χ2n) is 3.39. The molecule has 0 radical (unpaired) electrons. The molecule has 4 nitrogen and oxygen atoms in total. The Bertz CT molecular complexity index is 516. The van der Waals surface area contributed by atoms with Gasteiger partial charge in [0.2, 0.25) is 6.10 Å². The molecule has 82 valence electrons. The summed E-state index contributed by atoms with van der Waals surface area (Å²) in [4.78, 5) is 14.9. The lowest BCUT2D eigenvalue weighted by molar-refractivity contribution is -0.279. The summed E-state index contributed by atoms with van der Waals surface area (Å²) in [6.07, 6.45) is -1.36. The highest BCUT2D eigenvalue weighted by Crippen LogP contribution is 2.26. The van der Waals surface area contributed by atoms with Crippen molar-refractivity contribution in [1.82, 2.24) is 0 Å². The molecule has 0 aliphatic carbocycles. The minimum atomic E-state index is -1.36. The van der Waals surface area contributed by atoms with Gasteiger partial charge < -0.3 is 5.11 Å². The van der Waals surface area contributed by atoms with Crippen molar-refractivity contribution in [3.63, 3.8) is 0 Å². The summed E-state index contributed by atoms with van der Waals surface area (Å²) < 4.78 is 0. The summed E-state index contributed by atoms with van der Waals surface area (Å²) in [6, 6.07) is 12.6. The second kappa shape index (κ2) is 4.30. The molecule has 0 heterocycles. The first-order valence-corrected chi connectivity index (χ1v) is 4.74. The van der Waals surface area contributed by atoms with Gasteiger partial charge in [0.25, 0.3) is 0 Å². The molecule has 16 heavy (non-hydrogen) atoms. The maximum Gasteiger partial charge on any atom is 0.340 e. The monoisotopic (exact) mass is 218 g/mol. The van der Waals surface area contributed by atoms with E-state index in [-0.39, 0.29) is 0 Å². The lowest BCUT2D eigenvalue weighted by Gasteiger charge is -2.11. The van der Waals surface area contributed by atoms with Gasteiger partial charge in [0.1, 0.15) is 0 Å². The van der Waals surface area contributed by atoms with Crippen molar-refractivity contribution < 1.29 is 20.0 Å². The normalized spacial score (nSPS) is 12.6. The van der Waals surface area contributed by atoms with Gasteiger partial charge in [-0.3, -0.25) is 5.26 Å². The Balaban J connectivity index is 2.63. The molecule has 1 unspecified atom stereocenters. The van der Waals surface area contributed by atoms with Crippen LogP contribution >= 0.6 is 0 Å². The second-order valence-corrected chi connectivity index (χ2v) is 3.39. The Morgan fingerprint density at radius 3 is 2.50 bits per heavy atom. The standard InChI is InChI=1S/C12H10O4/c13-12(14)11(16-15)10-7-3-5-8-4-1-2-6-9(8)10/h1-7,11,15H,(H,13,14). The number of fused-ring (bicyclic) bond motifs is 1. The summed E-state index contributed by atoms with van der Waals surface area (Å²) in [5, 5.41) is 19.2. The smallest absolute Gasteiger partial charge is 0.340 e. The first kappa shape index (κ1) is 10.6. The first-order valence-electron chi connectivity index (χ1n) is 4.74. The molecule has 2 rings (SSSR count). The summed E-state index contributed by atoms with van der Waals surface area (Å²) in [6.45, 7) is 0. The predicted molar refractivity (Wildman–Crippen MR) is 58.0 cm³/mol. The summed E-state index contributed by atoms with van der Waals surface area (Å²) in [5.74, 6) is -1.22. The molecule has 1 atom stereocenters. The van der Waals surface area contributed by atoms with Crippen LogP contribution < -0.4 is 0 Å². The van der Waals surface area contributed by atoms with Gasteiger partial charge in [-0.15, -0.1) is 0 Å². The zero-order valence-corrected chi connectivity index (χ0v) is 8.33. The highest BCUT2D eigenvalue weighted by molar-refractivity contribution is 5.90. The molecular weight excluding hydrogens is 208 g/mol. The van der Waals surface area contributed by atoms with Gasteiger partial charge >= 0.3 is 5.97 Å². The molecule has 0 bridgehead atoms. The van der Waals surface area contributed by atoms with Crippen LogP contribution in [-0.4, -0.2) is 16.3 Å². The van der Waals surface area contributed by atoms with Gasteiger partial charge in [0, 0.05) is 5.56 Å². The van der Waals surface area contributed by atoms with Crippen molar-refractivity contribution in [3.05, 3.63) is 48.0 Å². The van der Waals surface area contributed by atoms with Crippen LogP contribution in [0, 0.1) is 0 Å². The maximum absolute atomic E-state index is 10.9. The fraction of sp³-hybridized carbons (Fsp3) is 0.0833. The van der Waals surface area contributed by atoms with Crippen LogP contribution in [0.15, 0.2) is 42.5 Å². The van der Waals surface area contributed by atoms with Crippen molar-refractivity contribution in [2.75, 3.05) is 0 Å². The van der Waals surface area contributed by atoms with E-state index in [0.29, 0.717) is 5.56 Å². The Labute approximate surface area is 91.6 Å². The Kier molecular flexibility index (Phi) is 2.85. The number of carboxylic acids is 1. The van der Waals surface area contributed by atoms with Crippen molar-refractivity contribution in [2.24, 2.45) is 0 Å². The topological polar surface area (TPSA) is 66.8 Å². The lowest BCUT2D eigenvalue weighted by atomic mass is 10.0. The number of rotatable bonds is 3. The molecule has 0 amide bonds. The van der Waals surface area contributed by atoms with E-state index in [1.54, 1.807) is 18.2 Å². The SMILES string of the molecule is O=C(O)C(OO)c1cccc2ccccc12. The summed E-state index contributed by atoms with van der Waals surface area (Å²) >= 11 is 0. The number of aliphatic carboxylic acids is 1. The molecule has 0 saturated heterocycles. The molecule has 2 aromatic rings. The van der Waals surface area contributed by atoms with Crippen molar-refractivity contribution in [3.8, 4) is 0 Å². The van der Waals surface area contributed by atoms with Gasteiger partial charge in [-0.05, 0) is 10.8 Å². The van der Waals surface area contributed by atoms with E-state index in [0.717, 1.165) is 10.8 Å². The summed E-state index contributed by atoms with van der Waals surface area (Å²) in [7, 11) is 0. The van der Waals surface area contributed by atoms with Crippen LogP contribution in [0.5, 0.6) is 0 Å². The third kappa shape index (κ3) is 1.76. The van der Waals surface area contributed by atoms with Crippen LogP contribution in [0.3, 0.4) is 0 Å². The van der Waals surface area contributed by atoms with Gasteiger partial charge in [-0.2, -0.15) is 0 Å². The van der Waals surface area contributed by atoms with Gasteiger partial charge in [0.15, 0.2) is 0 Å². The Morgan fingerprint density at radius 2 is 1.81 bits per heavy atom. The highest BCUT2D eigenvalue weighted by Gasteiger charge is 2.22. The van der Waals surface area contributed by atoms with E-state index in [1.807, 2.05) is 24.3 Å².